The summed E-state index contributed by atoms with van der Waals surface area (Å²) in [5.41, 5.74) is -1.87. The van der Waals surface area contributed by atoms with Gasteiger partial charge in [-0.2, -0.15) is 0 Å². The summed E-state index contributed by atoms with van der Waals surface area (Å²) in [6.45, 7) is 2.84. The normalized spacial score (nSPS) is 17.1. The number of carboxylic acids is 2. The highest BCUT2D eigenvalue weighted by Gasteiger charge is 2.47. The first-order valence-corrected chi connectivity index (χ1v) is 4.03. The molecular weight excluding hydrogens is 192 g/mol. The van der Waals surface area contributed by atoms with Crippen LogP contribution in [0.15, 0.2) is 0 Å². The van der Waals surface area contributed by atoms with Gasteiger partial charge in [-0.15, -0.1) is 0 Å². The van der Waals surface area contributed by atoms with Crippen molar-refractivity contribution in [3.05, 3.63) is 0 Å². The zero-order valence-corrected chi connectivity index (χ0v) is 8.31. The van der Waals surface area contributed by atoms with Gasteiger partial charge in [0.2, 0.25) is 0 Å². The van der Waals surface area contributed by atoms with Crippen LogP contribution in [0.1, 0.15) is 13.8 Å². The van der Waals surface area contributed by atoms with Gasteiger partial charge in [0, 0.05) is 13.7 Å². The molecule has 0 heterocycles. The molecule has 14 heavy (non-hydrogen) atoms. The monoisotopic (exact) mass is 206 g/mol. The molecule has 0 saturated carbocycles. The van der Waals surface area contributed by atoms with E-state index in [2.05, 4.69) is 4.74 Å². The van der Waals surface area contributed by atoms with Crippen LogP contribution in [0.4, 0.5) is 0 Å². The Hall–Kier alpha value is -1.14. The first-order valence-electron chi connectivity index (χ1n) is 4.03. The summed E-state index contributed by atoms with van der Waals surface area (Å²) >= 11 is 0. The molecular formula is C8H14O6. The summed E-state index contributed by atoms with van der Waals surface area (Å²) in [5.74, 6) is -2.74. The third-order valence-electron chi connectivity index (χ3n) is 1.83. The minimum absolute atomic E-state index is 0.0932. The minimum atomic E-state index is -1.87. The Morgan fingerprint density at radius 2 is 1.93 bits per heavy atom. The lowest BCUT2D eigenvalue weighted by molar-refractivity contribution is -0.192. The molecule has 0 spiro atoms. The van der Waals surface area contributed by atoms with Crippen molar-refractivity contribution in [1.82, 2.24) is 0 Å². The van der Waals surface area contributed by atoms with E-state index < -0.39 is 23.6 Å². The number of aliphatic carboxylic acids is 2. The smallest absolute Gasteiger partial charge is 0.339 e. The number of carbonyl (C=O) groups is 2. The van der Waals surface area contributed by atoms with Gasteiger partial charge in [-0.25, -0.2) is 9.59 Å². The molecule has 0 aromatic heterocycles. The summed E-state index contributed by atoms with van der Waals surface area (Å²) in [4.78, 5) is 21.5. The molecule has 0 saturated heterocycles. The maximum absolute atomic E-state index is 10.8. The van der Waals surface area contributed by atoms with E-state index in [-0.39, 0.29) is 6.61 Å². The number of hydrogen-bond acceptors (Lipinski definition) is 4. The highest BCUT2D eigenvalue weighted by molar-refractivity contribution is 5.87. The maximum atomic E-state index is 10.8. The molecule has 2 N–H and O–H groups in total. The van der Waals surface area contributed by atoms with Crippen LogP contribution in [0.3, 0.4) is 0 Å². The zero-order valence-electron chi connectivity index (χ0n) is 8.31. The van der Waals surface area contributed by atoms with Crippen molar-refractivity contribution in [2.45, 2.75) is 25.6 Å². The van der Waals surface area contributed by atoms with Gasteiger partial charge in [-0.05, 0) is 13.8 Å². The molecule has 2 atom stereocenters. The van der Waals surface area contributed by atoms with Gasteiger partial charge in [0.1, 0.15) is 0 Å². The quantitative estimate of drug-likeness (QED) is 0.633. The molecule has 0 aromatic carbocycles. The molecule has 0 radical (unpaired) electrons. The molecule has 0 bridgehead atoms. The summed E-state index contributed by atoms with van der Waals surface area (Å²) in [6.07, 6.45) is -1.53. The first-order chi connectivity index (χ1) is 6.40. The Morgan fingerprint density at radius 1 is 1.43 bits per heavy atom. The van der Waals surface area contributed by atoms with Crippen molar-refractivity contribution in [3.8, 4) is 0 Å². The molecule has 6 heteroatoms. The molecule has 0 aliphatic carbocycles. The fraction of sp³-hybridized carbons (Fsp3) is 0.750. The predicted octanol–water partition coefficient (Wildman–Crippen LogP) is -0.0342. The SMILES string of the molecule is CCOC(C)(C(=O)O)C(OC)C(=O)O. The molecule has 6 nitrogen and oxygen atoms in total. The molecule has 0 aliphatic heterocycles. The van der Waals surface area contributed by atoms with Gasteiger partial charge in [0.15, 0.2) is 11.7 Å². The summed E-state index contributed by atoms with van der Waals surface area (Å²) in [5, 5.41) is 17.6. The average molecular weight is 206 g/mol. The van der Waals surface area contributed by atoms with Crippen LogP contribution in [0.5, 0.6) is 0 Å². The lowest BCUT2D eigenvalue weighted by Gasteiger charge is -2.29. The van der Waals surface area contributed by atoms with Gasteiger partial charge < -0.3 is 19.7 Å². The van der Waals surface area contributed by atoms with E-state index in [0.717, 1.165) is 7.11 Å². The van der Waals surface area contributed by atoms with Crippen molar-refractivity contribution in [2.75, 3.05) is 13.7 Å². The third-order valence-corrected chi connectivity index (χ3v) is 1.83. The van der Waals surface area contributed by atoms with Gasteiger partial charge in [-0.1, -0.05) is 0 Å². The first kappa shape index (κ1) is 12.9. The number of rotatable bonds is 6. The van der Waals surface area contributed by atoms with Crippen LogP contribution in [0, 0.1) is 0 Å². The molecule has 0 fully saturated rings. The zero-order chi connectivity index (χ0) is 11.4. The van der Waals surface area contributed by atoms with Crippen molar-refractivity contribution < 1.29 is 29.3 Å². The second-order valence-corrected chi connectivity index (χ2v) is 2.80. The molecule has 82 valence electrons. The number of ether oxygens (including phenoxy) is 2. The van der Waals surface area contributed by atoms with Crippen LogP contribution < -0.4 is 0 Å². The van der Waals surface area contributed by atoms with Crippen LogP contribution in [-0.2, 0) is 19.1 Å². The Balaban J connectivity index is 4.95. The molecule has 2 unspecified atom stereocenters. The average Bonchev–Trinajstić information content (AvgIpc) is 2.04. The molecule has 0 amide bonds. The molecule has 0 aliphatic rings. The second-order valence-electron chi connectivity index (χ2n) is 2.80. The van der Waals surface area contributed by atoms with E-state index in [4.69, 9.17) is 14.9 Å². The van der Waals surface area contributed by atoms with Crippen LogP contribution >= 0.6 is 0 Å². The van der Waals surface area contributed by atoms with E-state index in [1.54, 1.807) is 6.92 Å². The van der Waals surface area contributed by atoms with E-state index in [1.807, 2.05) is 0 Å². The number of carboxylic acid groups (broad SMARTS) is 2. The predicted molar refractivity (Wildman–Crippen MR) is 46.1 cm³/mol. The Labute approximate surface area is 81.4 Å². The van der Waals surface area contributed by atoms with E-state index in [1.165, 1.54) is 6.92 Å². The number of hydrogen-bond donors (Lipinski definition) is 2. The highest BCUT2D eigenvalue weighted by Crippen LogP contribution is 2.19. The Morgan fingerprint density at radius 3 is 2.14 bits per heavy atom. The van der Waals surface area contributed by atoms with Crippen molar-refractivity contribution in [2.24, 2.45) is 0 Å². The molecule has 0 aromatic rings. The maximum Gasteiger partial charge on any atom is 0.339 e. The second kappa shape index (κ2) is 4.92. The van der Waals surface area contributed by atoms with Gasteiger partial charge >= 0.3 is 11.9 Å². The van der Waals surface area contributed by atoms with E-state index >= 15 is 0 Å². The lowest BCUT2D eigenvalue weighted by atomic mass is 9.99. The Kier molecular flexibility index (Phi) is 4.52. The van der Waals surface area contributed by atoms with Crippen LogP contribution in [-0.4, -0.2) is 47.6 Å². The third kappa shape index (κ3) is 2.43. The summed E-state index contributed by atoms with van der Waals surface area (Å²) in [7, 11) is 1.12. The van der Waals surface area contributed by atoms with Gasteiger partial charge in [0.25, 0.3) is 0 Å². The van der Waals surface area contributed by atoms with E-state index in [0.29, 0.717) is 0 Å². The van der Waals surface area contributed by atoms with E-state index in [9.17, 15) is 9.59 Å². The minimum Gasteiger partial charge on any atom is -0.479 e. The van der Waals surface area contributed by atoms with Crippen LogP contribution in [0.25, 0.3) is 0 Å². The fourth-order valence-electron chi connectivity index (χ4n) is 1.11. The topological polar surface area (TPSA) is 93.1 Å². The largest absolute Gasteiger partial charge is 0.479 e. The van der Waals surface area contributed by atoms with Gasteiger partial charge in [0.05, 0.1) is 0 Å². The van der Waals surface area contributed by atoms with Crippen molar-refractivity contribution in [1.29, 1.82) is 0 Å². The summed E-state index contributed by atoms with van der Waals surface area (Å²) in [6, 6.07) is 0. The highest BCUT2D eigenvalue weighted by atomic mass is 16.6. The Bertz CT molecular complexity index is 226. The number of methoxy groups -OCH3 is 1. The van der Waals surface area contributed by atoms with Gasteiger partial charge in [-0.3, -0.25) is 0 Å². The molecule has 0 rings (SSSR count). The van der Waals surface area contributed by atoms with Crippen molar-refractivity contribution in [3.63, 3.8) is 0 Å². The lowest BCUT2D eigenvalue weighted by Crippen LogP contribution is -2.53. The van der Waals surface area contributed by atoms with Crippen LogP contribution in [0.2, 0.25) is 0 Å². The summed E-state index contributed by atoms with van der Waals surface area (Å²) < 4.78 is 9.49. The fourth-order valence-corrected chi connectivity index (χ4v) is 1.11. The standard InChI is InChI=1S/C8H14O6/c1-4-14-8(2,7(11)12)5(13-3)6(9)10/h5H,4H2,1-3H3,(H,9,10)(H,11,12). The van der Waals surface area contributed by atoms with Crippen molar-refractivity contribution >= 4 is 11.9 Å².